The normalized spacial score (nSPS) is 46.7. The number of carbonyl (C=O) groups is 1. The molecule has 7 atom stereocenters. The SMILES string of the molecule is CC(/C=[N+]([O-])\C=C/N)N1N=C(C(=O)NC23CC4CC2CC3C4)C2CC3CCC(O3)C21. The van der Waals surface area contributed by atoms with Crippen molar-refractivity contribution in [3.05, 3.63) is 17.6 Å². The summed E-state index contributed by atoms with van der Waals surface area (Å²) in [5.41, 5.74) is 6.02. The van der Waals surface area contributed by atoms with Gasteiger partial charge in [-0.05, 0) is 69.6 Å². The molecule has 3 aliphatic heterocycles. The number of ether oxygens (including phenoxy) is 1. The molecule has 162 valence electrons. The van der Waals surface area contributed by atoms with Gasteiger partial charge in [0, 0.05) is 11.5 Å². The Hall–Kier alpha value is -2.09. The number of nitrogens with zero attached hydrogens (tertiary/aromatic N) is 3. The summed E-state index contributed by atoms with van der Waals surface area (Å²) in [6.45, 7) is 1.93. The number of amides is 1. The Morgan fingerprint density at radius 2 is 2.17 bits per heavy atom. The monoisotopic (exact) mass is 413 g/mol. The third-order valence-corrected chi connectivity index (χ3v) is 8.81. The second-order valence-electron chi connectivity index (χ2n) is 10.3. The average Bonchev–Trinajstić information content (AvgIpc) is 3.42. The van der Waals surface area contributed by atoms with Gasteiger partial charge in [0.1, 0.15) is 11.8 Å². The van der Waals surface area contributed by atoms with Gasteiger partial charge in [0.25, 0.3) is 5.91 Å². The van der Waals surface area contributed by atoms with Crippen LogP contribution in [0.4, 0.5) is 0 Å². The predicted molar refractivity (Wildman–Crippen MR) is 111 cm³/mol. The van der Waals surface area contributed by atoms with Gasteiger partial charge in [-0.3, -0.25) is 9.80 Å². The molecular weight excluding hydrogens is 382 g/mol. The van der Waals surface area contributed by atoms with Crippen LogP contribution >= 0.6 is 0 Å². The van der Waals surface area contributed by atoms with Crippen LogP contribution in [-0.4, -0.2) is 57.4 Å². The molecule has 3 heterocycles. The number of fused-ring (bicyclic) bond motifs is 5. The molecule has 0 radical (unpaired) electrons. The number of carbonyl (C=O) groups excluding carboxylic acids is 1. The van der Waals surface area contributed by atoms with Crippen LogP contribution in [0.15, 0.2) is 17.5 Å². The minimum atomic E-state index is -0.258. The molecular formula is C22H31N5O3. The molecule has 4 bridgehead atoms. The highest BCUT2D eigenvalue weighted by Gasteiger charge is 2.66. The van der Waals surface area contributed by atoms with Gasteiger partial charge in [-0.25, -0.2) is 0 Å². The summed E-state index contributed by atoms with van der Waals surface area (Å²) in [7, 11) is 0. The molecule has 30 heavy (non-hydrogen) atoms. The summed E-state index contributed by atoms with van der Waals surface area (Å²) in [6.07, 6.45) is 12.2. The second kappa shape index (κ2) is 6.45. The summed E-state index contributed by atoms with van der Waals surface area (Å²) in [4.78, 5) is 13.5. The van der Waals surface area contributed by atoms with Crippen molar-refractivity contribution in [2.45, 2.75) is 81.7 Å². The molecule has 8 heteroatoms. The summed E-state index contributed by atoms with van der Waals surface area (Å²) in [5.74, 6) is 2.21. The van der Waals surface area contributed by atoms with Crippen LogP contribution in [-0.2, 0) is 9.53 Å². The lowest BCUT2D eigenvalue weighted by Gasteiger charge is -2.53. The van der Waals surface area contributed by atoms with Crippen molar-refractivity contribution in [1.82, 2.24) is 10.3 Å². The molecule has 0 aromatic carbocycles. The zero-order valence-electron chi connectivity index (χ0n) is 17.4. The highest BCUT2D eigenvalue weighted by Crippen LogP contribution is 2.66. The Kier molecular flexibility index (Phi) is 4.01. The van der Waals surface area contributed by atoms with E-state index in [1.165, 1.54) is 37.9 Å². The lowest BCUT2D eigenvalue weighted by Crippen LogP contribution is -2.64. The van der Waals surface area contributed by atoms with Gasteiger partial charge in [0.05, 0.1) is 24.4 Å². The van der Waals surface area contributed by atoms with E-state index in [9.17, 15) is 10.0 Å². The van der Waals surface area contributed by atoms with Crippen LogP contribution in [0.1, 0.15) is 51.9 Å². The third-order valence-electron chi connectivity index (χ3n) is 8.81. The van der Waals surface area contributed by atoms with Crippen molar-refractivity contribution >= 4 is 17.8 Å². The van der Waals surface area contributed by atoms with Crippen molar-refractivity contribution in [2.75, 3.05) is 0 Å². The van der Waals surface area contributed by atoms with Crippen molar-refractivity contribution in [1.29, 1.82) is 0 Å². The maximum absolute atomic E-state index is 13.5. The van der Waals surface area contributed by atoms with Gasteiger partial charge in [0.2, 0.25) is 0 Å². The van der Waals surface area contributed by atoms with Crippen LogP contribution in [0, 0.1) is 28.9 Å². The first kappa shape index (κ1) is 18.7. The molecule has 3 N–H and O–H groups in total. The van der Waals surface area contributed by atoms with Gasteiger partial charge in [-0.1, -0.05) is 0 Å². The molecule has 5 fully saturated rings. The van der Waals surface area contributed by atoms with Gasteiger partial charge in [0.15, 0.2) is 12.4 Å². The van der Waals surface area contributed by atoms with Gasteiger partial charge in [-0.2, -0.15) is 9.84 Å². The van der Waals surface area contributed by atoms with Crippen LogP contribution in [0.5, 0.6) is 0 Å². The molecule has 0 spiro atoms. The average molecular weight is 414 g/mol. The maximum Gasteiger partial charge on any atom is 0.268 e. The molecule has 3 saturated carbocycles. The number of hydrogen-bond acceptors (Lipinski definition) is 6. The Balaban J connectivity index is 1.28. The molecule has 2 saturated heterocycles. The zero-order valence-corrected chi connectivity index (χ0v) is 17.4. The zero-order chi connectivity index (χ0) is 20.6. The Bertz CT molecular complexity index is 842. The van der Waals surface area contributed by atoms with Crippen LogP contribution in [0.3, 0.4) is 0 Å². The number of nitrogens with one attached hydrogen (secondary N) is 1. The van der Waals surface area contributed by atoms with E-state index in [0.717, 1.165) is 31.6 Å². The van der Waals surface area contributed by atoms with Crippen molar-refractivity contribution < 1.29 is 14.3 Å². The van der Waals surface area contributed by atoms with Crippen LogP contribution < -0.4 is 11.1 Å². The Morgan fingerprint density at radius 1 is 1.37 bits per heavy atom. The topological polar surface area (TPSA) is 106 Å². The lowest BCUT2D eigenvalue weighted by molar-refractivity contribution is -0.376. The Labute approximate surface area is 176 Å². The molecule has 3 aliphatic carbocycles. The number of hydrazone groups is 1. The van der Waals surface area contributed by atoms with E-state index in [0.29, 0.717) is 22.3 Å². The van der Waals surface area contributed by atoms with E-state index in [-0.39, 0.29) is 41.7 Å². The standard InChI is InChI=1S/C22H31N5O3/c1-12(11-26(29)5-4-23)27-20-17(9-16-2-3-18(20)30-16)19(25-27)21(28)24-22-10-13-6-14(22)8-15(22)7-13/h4-5,11-18,20H,2-3,6-10,23H2,1H3,(H,24,28)/b5-4-,26-11+. The number of hydroxylamine groups is 1. The first-order valence-electron chi connectivity index (χ1n) is 11.5. The van der Waals surface area contributed by atoms with E-state index in [4.69, 9.17) is 15.6 Å². The molecule has 8 nitrogen and oxygen atoms in total. The lowest BCUT2D eigenvalue weighted by atomic mass is 9.58. The van der Waals surface area contributed by atoms with Crippen LogP contribution in [0.25, 0.3) is 0 Å². The van der Waals surface area contributed by atoms with Crippen molar-refractivity contribution in [3.63, 3.8) is 0 Å². The molecule has 7 unspecified atom stereocenters. The fraction of sp³-hybridized carbons (Fsp3) is 0.773. The largest absolute Gasteiger partial charge is 0.619 e. The van der Waals surface area contributed by atoms with Crippen molar-refractivity contribution in [2.24, 2.45) is 34.5 Å². The fourth-order valence-corrected chi connectivity index (χ4v) is 7.68. The van der Waals surface area contributed by atoms with E-state index in [1.807, 2.05) is 11.9 Å². The molecule has 0 aromatic heterocycles. The van der Waals surface area contributed by atoms with Crippen LogP contribution in [0.2, 0.25) is 0 Å². The number of nitrogens with two attached hydrogens (primary N) is 1. The second-order valence-corrected chi connectivity index (χ2v) is 10.3. The van der Waals surface area contributed by atoms with Gasteiger partial charge in [-0.15, -0.1) is 0 Å². The summed E-state index contributed by atoms with van der Waals surface area (Å²) < 4.78 is 6.90. The highest BCUT2D eigenvalue weighted by atomic mass is 16.5. The highest BCUT2D eigenvalue weighted by molar-refractivity contribution is 6.40. The van der Waals surface area contributed by atoms with E-state index < -0.39 is 0 Å². The third kappa shape index (κ3) is 2.52. The van der Waals surface area contributed by atoms with E-state index in [1.54, 1.807) is 0 Å². The summed E-state index contributed by atoms with van der Waals surface area (Å²) >= 11 is 0. The maximum atomic E-state index is 13.5. The molecule has 6 aliphatic rings. The molecule has 0 aromatic rings. The van der Waals surface area contributed by atoms with Crippen molar-refractivity contribution in [3.8, 4) is 0 Å². The van der Waals surface area contributed by atoms with Gasteiger partial charge < -0.3 is 21.0 Å². The molecule has 1 amide bonds. The smallest absolute Gasteiger partial charge is 0.268 e. The van der Waals surface area contributed by atoms with E-state index in [2.05, 4.69) is 5.32 Å². The predicted octanol–water partition coefficient (Wildman–Crippen LogP) is 1.30. The van der Waals surface area contributed by atoms with E-state index >= 15 is 0 Å². The number of hydrogen-bond donors (Lipinski definition) is 2. The van der Waals surface area contributed by atoms with Gasteiger partial charge >= 0.3 is 0 Å². The quantitative estimate of drug-likeness (QED) is 0.306. The first-order valence-corrected chi connectivity index (χ1v) is 11.5. The first-order chi connectivity index (χ1) is 14.5. The summed E-state index contributed by atoms with van der Waals surface area (Å²) in [5, 5.41) is 22.3. The fourth-order valence-electron chi connectivity index (χ4n) is 7.68. The summed E-state index contributed by atoms with van der Waals surface area (Å²) in [6, 6.07) is -0.246. The molecule has 6 rings (SSSR count). The number of rotatable bonds is 5. The Morgan fingerprint density at radius 3 is 2.87 bits per heavy atom. The minimum absolute atomic E-state index is 0.0120. The minimum Gasteiger partial charge on any atom is -0.619 e.